The summed E-state index contributed by atoms with van der Waals surface area (Å²) in [4.78, 5) is 0. The summed E-state index contributed by atoms with van der Waals surface area (Å²) in [5.41, 5.74) is 12.4. The number of fused-ring (bicyclic) bond motifs is 12. The maximum Gasteiger partial charge on any atom is 0.133 e. The Morgan fingerprint density at radius 3 is 2.22 bits per heavy atom. The second-order valence-electron chi connectivity index (χ2n) is 10.1. The van der Waals surface area contributed by atoms with Crippen LogP contribution < -0.4 is 0 Å². The maximum atomic E-state index is 5.85. The van der Waals surface area contributed by atoms with Gasteiger partial charge >= 0.3 is 0 Å². The first-order chi connectivity index (χ1) is 18.4. The molecule has 2 aromatic heterocycles. The Hall–Kier alpha value is -4.82. The molecule has 2 heteroatoms. The lowest BCUT2D eigenvalue weighted by molar-refractivity contribution is 0.582. The molecule has 1 aliphatic carbocycles. The van der Waals surface area contributed by atoms with Crippen molar-refractivity contribution in [3.8, 4) is 28.1 Å². The Kier molecular flexibility index (Phi) is 3.50. The molecule has 1 atom stereocenters. The van der Waals surface area contributed by atoms with Crippen molar-refractivity contribution in [1.29, 1.82) is 0 Å². The van der Waals surface area contributed by atoms with Crippen LogP contribution in [0.5, 0.6) is 0 Å². The molecule has 172 valence electrons. The Bertz CT molecular complexity index is 2040. The quantitative estimate of drug-likeness (QED) is 0.234. The van der Waals surface area contributed by atoms with Gasteiger partial charge in [-0.1, -0.05) is 91.0 Å². The fourth-order valence-electron chi connectivity index (χ4n) is 7.16. The zero-order valence-electron chi connectivity index (χ0n) is 20.0. The molecule has 0 bridgehead atoms. The molecule has 0 N–H and O–H groups in total. The molecule has 0 fully saturated rings. The predicted octanol–water partition coefficient (Wildman–Crippen LogP) is 8.72. The van der Waals surface area contributed by atoms with Crippen molar-refractivity contribution in [1.82, 2.24) is 4.57 Å². The molecular formula is C35H21NO. The van der Waals surface area contributed by atoms with E-state index in [-0.39, 0.29) is 0 Å². The molecule has 37 heavy (non-hydrogen) atoms. The number of aromatic nitrogens is 1. The molecule has 7 aromatic rings. The smallest absolute Gasteiger partial charge is 0.133 e. The minimum Gasteiger partial charge on any atom is -0.464 e. The van der Waals surface area contributed by atoms with Gasteiger partial charge in [0.15, 0.2) is 0 Å². The van der Waals surface area contributed by atoms with Gasteiger partial charge in [-0.2, -0.15) is 0 Å². The second kappa shape index (κ2) is 6.68. The van der Waals surface area contributed by atoms with Crippen LogP contribution in [0.1, 0.15) is 22.3 Å². The molecule has 1 unspecified atom stereocenters. The summed E-state index contributed by atoms with van der Waals surface area (Å²) in [6, 6.07) is 44.4. The Morgan fingerprint density at radius 1 is 0.541 bits per heavy atom. The van der Waals surface area contributed by atoms with Gasteiger partial charge in [0.25, 0.3) is 0 Å². The van der Waals surface area contributed by atoms with E-state index in [2.05, 4.69) is 114 Å². The highest BCUT2D eigenvalue weighted by molar-refractivity contribution is 6.12. The van der Waals surface area contributed by atoms with Crippen LogP contribution in [0.25, 0.3) is 49.9 Å². The van der Waals surface area contributed by atoms with E-state index in [4.69, 9.17) is 4.42 Å². The number of hydrogen-bond donors (Lipinski definition) is 0. The molecular weight excluding hydrogens is 450 g/mol. The highest BCUT2D eigenvalue weighted by Crippen LogP contribution is 2.61. The van der Waals surface area contributed by atoms with Crippen LogP contribution in [0.15, 0.2) is 132 Å². The Balaban J connectivity index is 1.54. The van der Waals surface area contributed by atoms with Gasteiger partial charge in [0.05, 0.1) is 28.4 Å². The third-order valence-corrected chi connectivity index (χ3v) is 8.50. The largest absolute Gasteiger partial charge is 0.464 e. The lowest BCUT2D eigenvalue weighted by atomic mass is 9.65. The first kappa shape index (κ1) is 19.4. The number of benzene rings is 5. The molecule has 3 heterocycles. The van der Waals surface area contributed by atoms with Crippen molar-refractivity contribution in [2.75, 3.05) is 0 Å². The van der Waals surface area contributed by atoms with Gasteiger partial charge < -0.3 is 8.98 Å². The minimum absolute atomic E-state index is 0.422. The summed E-state index contributed by atoms with van der Waals surface area (Å²) in [5.74, 6) is 0.894. The van der Waals surface area contributed by atoms with Crippen molar-refractivity contribution >= 4 is 21.8 Å². The van der Waals surface area contributed by atoms with Gasteiger partial charge in [0.2, 0.25) is 0 Å². The van der Waals surface area contributed by atoms with Gasteiger partial charge in [-0.3, -0.25) is 0 Å². The predicted molar refractivity (Wildman–Crippen MR) is 149 cm³/mol. The number of nitrogens with zero attached hydrogens (tertiary/aromatic N) is 1. The Labute approximate surface area is 214 Å². The standard InChI is InChI=1S/C35H21NO/c1-3-12-27-23(9-1)24-19-18-22(33-17-8-20-37-33)21-30(24)35(27)28-13-4-6-16-32(28)36-31-15-5-2-10-25(31)26-11-7-14-29(35)34(26)36/h1-21H. The first-order valence-electron chi connectivity index (χ1n) is 12.8. The molecule has 2 aliphatic rings. The fraction of sp³-hybridized carbons (Fsp3) is 0.0286. The zero-order valence-corrected chi connectivity index (χ0v) is 20.0. The molecule has 1 aliphatic heterocycles. The first-order valence-corrected chi connectivity index (χ1v) is 12.8. The normalized spacial score (nSPS) is 16.8. The van der Waals surface area contributed by atoms with Crippen LogP contribution in [0.2, 0.25) is 0 Å². The van der Waals surface area contributed by atoms with E-state index < -0.39 is 5.41 Å². The second-order valence-corrected chi connectivity index (χ2v) is 10.1. The number of hydrogen-bond acceptors (Lipinski definition) is 1. The number of para-hydroxylation sites is 3. The van der Waals surface area contributed by atoms with E-state index in [0.717, 1.165) is 11.3 Å². The van der Waals surface area contributed by atoms with Crippen LogP contribution in [-0.2, 0) is 5.41 Å². The fourth-order valence-corrected chi connectivity index (χ4v) is 7.16. The molecule has 0 saturated carbocycles. The lowest BCUT2D eigenvalue weighted by Crippen LogP contribution is -2.33. The average Bonchev–Trinajstić information content (AvgIpc) is 3.68. The maximum absolute atomic E-state index is 5.85. The van der Waals surface area contributed by atoms with E-state index in [0.29, 0.717) is 0 Å². The summed E-state index contributed by atoms with van der Waals surface area (Å²) in [7, 11) is 0. The number of rotatable bonds is 1. The minimum atomic E-state index is -0.422. The van der Waals surface area contributed by atoms with Gasteiger partial charge in [0, 0.05) is 16.3 Å². The molecule has 5 aromatic carbocycles. The van der Waals surface area contributed by atoms with Crippen LogP contribution in [0, 0.1) is 0 Å². The van der Waals surface area contributed by atoms with Gasteiger partial charge in [-0.15, -0.1) is 0 Å². The summed E-state index contributed by atoms with van der Waals surface area (Å²) in [5, 5.41) is 2.59. The van der Waals surface area contributed by atoms with E-state index in [9.17, 15) is 0 Å². The van der Waals surface area contributed by atoms with Crippen LogP contribution >= 0.6 is 0 Å². The molecule has 2 nitrogen and oxygen atoms in total. The van der Waals surface area contributed by atoms with E-state index in [1.54, 1.807) is 6.26 Å². The van der Waals surface area contributed by atoms with E-state index in [1.165, 1.54) is 60.9 Å². The molecule has 0 amide bonds. The molecule has 1 spiro atoms. The summed E-state index contributed by atoms with van der Waals surface area (Å²) < 4.78 is 8.34. The summed E-state index contributed by atoms with van der Waals surface area (Å²) in [6.07, 6.45) is 1.75. The van der Waals surface area contributed by atoms with Crippen LogP contribution in [0.3, 0.4) is 0 Å². The van der Waals surface area contributed by atoms with Gasteiger partial charge in [-0.25, -0.2) is 0 Å². The van der Waals surface area contributed by atoms with Gasteiger partial charge in [-0.05, 0) is 63.7 Å². The third-order valence-electron chi connectivity index (χ3n) is 8.50. The van der Waals surface area contributed by atoms with Gasteiger partial charge in [0.1, 0.15) is 5.76 Å². The molecule has 0 radical (unpaired) electrons. The molecule has 0 saturated heterocycles. The van der Waals surface area contributed by atoms with Crippen molar-refractivity contribution in [3.05, 3.63) is 150 Å². The number of furan rings is 1. The van der Waals surface area contributed by atoms with E-state index in [1.807, 2.05) is 12.1 Å². The summed E-state index contributed by atoms with van der Waals surface area (Å²) in [6.45, 7) is 0. The van der Waals surface area contributed by atoms with Crippen LogP contribution in [0.4, 0.5) is 0 Å². The SMILES string of the molecule is c1coc(-c2ccc3c(c2)C2(c4ccccc4-3)c3ccccc3-n3c4ccccc4c4cccc2c43)c1. The third kappa shape index (κ3) is 2.19. The topological polar surface area (TPSA) is 18.1 Å². The average molecular weight is 472 g/mol. The summed E-state index contributed by atoms with van der Waals surface area (Å²) >= 11 is 0. The Morgan fingerprint density at radius 2 is 1.30 bits per heavy atom. The van der Waals surface area contributed by atoms with Crippen molar-refractivity contribution < 1.29 is 4.42 Å². The van der Waals surface area contributed by atoms with Crippen molar-refractivity contribution in [2.24, 2.45) is 0 Å². The van der Waals surface area contributed by atoms with Crippen molar-refractivity contribution in [2.45, 2.75) is 5.41 Å². The zero-order chi connectivity index (χ0) is 24.1. The lowest BCUT2D eigenvalue weighted by Gasteiger charge is -2.39. The van der Waals surface area contributed by atoms with Crippen LogP contribution in [-0.4, -0.2) is 4.57 Å². The monoisotopic (exact) mass is 471 g/mol. The van der Waals surface area contributed by atoms with Crippen molar-refractivity contribution in [3.63, 3.8) is 0 Å². The molecule has 9 rings (SSSR count). The highest BCUT2D eigenvalue weighted by atomic mass is 16.3. The van der Waals surface area contributed by atoms with E-state index >= 15 is 0 Å². The highest BCUT2D eigenvalue weighted by Gasteiger charge is 2.50.